The van der Waals surface area contributed by atoms with Gasteiger partial charge in [0, 0.05) is 12.1 Å². The van der Waals surface area contributed by atoms with E-state index < -0.39 is 17.2 Å². The van der Waals surface area contributed by atoms with Crippen molar-refractivity contribution in [2.24, 2.45) is 5.73 Å². The van der Waals surface area contributed by atoms with E-state index in [2.05, 4.69) is 5.32 Å². The fourth-order valence-electron chi connectivity index (χ4n) is 2.30. The van der Waals surface area contributed by atoms with Gasteiger partial charge in [-0.05, 0) is 41.9 Å². The van der Waals surface area contributed by atoms with E-state index >= 15 is 0 Å². The van der Waals surface area contributed by atoms with Gasteiger partial charge >= 0.3 is 0 Å². The van der Waals surface area contributed by atoms with Gasteiger partial charge in [-0.1, -0.05) is 43.3 Å². The molecule has 0 radical (unpaired) electrons. The Hall–Kier alpha value is -1.82. The fourth-order valence-corrected chi connectivity index (χ4v) is 3.79. The zero-order valence-electron chi connectivity index (χ0n) is 13.1. The molecule has 5 heteroatoms. The first kappa shape index (κ1) is 17.5. The third-order valence-corrected chi connectivity index (χ3v) is 5.50. The number of nitrogens with one attached hydrogen (secondary N) is 1. The van der Waals surface area contributed by atoms with Crippen LogP contribution < -0.4 is 11.1 Å². The van der Waals surface area contributed by atoms with Crippen LogP contribution in [-0.2, 0) is 16.0 Å². The molecule has 4 nitrogen and oxygen atoms in total. The summed E-state index contributed by atoms with van der Waals surface area (Å²) < 4.78 is 12.6. The number of amides is 1. The molecular weight excluding hydrogens is 308 g/mol. The first-order valence-electron chi connectivity index (χ1n) is 7.69. The lowest BCUT2D eigenvalue weighted by molar-refractivity contribution is -0.117. The molecule has 2 aromatic carbocycles. The van der Waals surface area contributed by atoms with Crippen LogP contribution in [0.2, 0.25) is 0 Å². The van der Waals surface area contributed by atoms with E-state index in [1.807, 2.05) is 67.6 Å². The van der Waals surface area contributed by atoms with Crippen LogP contribution in [0.4, 0.5) is 5.69 Å². The highest BCUT2D eigenvalue weighted by atomic mass is 32.2. The number of rotatable bonds is 7. The Labute approximate surface area is 140 Å². The van der Waals surface area contributed by atoms with Crippen molar-refractivity contribution in [3.63, 3.8) is 0 Å². The first-order chi connectivity index (χ1) is 11.1. The van der Waals surface area contributed by atoms with Crippen LogP contribution in [0, 0.1) is 0 Å². The number of nitrogens with two attached hydrogens (primary N) is 1. The van der Waals surface area contributed by atoms with Crippen LogP contribution in [0.1, 0.15) is 19.8 Å². The topological polar surface area (TPSA) is 78.2 Å². The van der Waals surface area contributed by atoms with Gasteiger partial charge < -0.3 is 15.6 Å². The molecule has 3 atom stereocenters. The van der Waals surface area contributed by atoms with E-state index in [1.165, 1.54) is 0 Å². The van der Waals surface area contributed by atoms with Crippen molar-refractivity contribution in [2.45, 2.75) is 36.0 Å². The number of carbonyl (C=O) groups excluding carboxylic acids is 1. The second-order valence-corrected chi connectivity index (χ2v) is 7.07. The van der Waals surface area contributed by atoms with Crippen molar-refractivity contribution < 1.29 is 9.35 Å². The molecule has 23 heavy (non-hydrogen) atoms. The smallest absolute Gasteiger partial charge is 0.241 e. The summed E-state index contributed by atoms with van der Waals surface area (Å²) in [5.41, 5.74) is 6.72. The van der Waals surface area contributed by atoms with Crippen LogP contribution in [0.3, 0.4) is 0 Å². The first-order valence-corrected chi connectivity index (χ1v) is 8.90. The van der Waals surface area contributed by atoms with Crippen LogP contribution in [0.25, 0.3) is 0 Å². The molecule has 0 aliphatic heterocycles. The average Bonchev–Trinajstić information content (AvgIpc) is 2.60. The van der Waals surface area contributed by atoms with Gasteiger partial charge in [-0.15, -0.1) is 0 Å². The van der Waals surface area contributed by atoms with E-state index in [4.69, 9.17) is 5.73 Å². The minimum atomic E-state index is -1.16. The van der Waals surface area contributed by atoms with Crippen molar-refractivity contribution in [3.8, 4) is 0 Å². The molecular formula is C18H22N2O2S. The molecule has 0 saturated carbocycles. The third-order valence-electron chi connectivity index (χ3n) is 3.63. The minimum absolute atomic E-state index is 0.145. The number of benzene rings is 2. The predicted molar refractivity (Wildman–Crippen MR) is 94.6 cm³/mol. The molecule has 122 valence electrons. The zero-order valence-corrected chi connectivity index (χ0v) is 14.0. The highest BCUT2D eigenvalue weighted by Gasteiger charge is 2.28. The Kier molecular flexibility index (Phi) is 6.65. The van der Waals surface area contributed by atoms with Gasteiger partial charge in [-0.25, -0.2) is 0 Å². The van der Waals surface area contributed by atoms with Gasteiger partial charge in [0.2, 0.25) is 5.91 Å². The Balaban J connectivity index is 1.96. The normalized spacial score (nSPS) is 14.7. The molecule has 0 aliphatic rings. The maximum atomic E-state index is 12.6. The van der Waals surface area contributed by atoms with Crippen LogP contribution >= 0.6 is 0 Å². The zero-order chi connectivity index (χ0) is 16.7. The molecule has 0 saturated heterocycles. The van der Waals surface area contributed by atoms with Gasteiger partial charge in [-0.3, -0.25) is 4.79 Å². The molecule has 2 aromatic rings. The maximum absolute atomic E-state index is 12.6. The van der Waals surface area contributed by atoms with Gasteiger partial charge in [0.1, 0.15) is 5.25 Å². The summed E-state index contributed by atoms with van der Waals surface area (Å²) in [7, 11) is 0. The van der Waals surface area contributed by atoms with Gasteiger partial charge in [-0.2, -0.15) is 0 Å². The predicted octanol–water partition coefficient (Wildman–Crippen LogP) is 2.93. The summed E-state index contributed by atoms with van der Waals surface area (Å²) in [5.74, 6) is -0.250. The highest BCUT2D eigenvalue weighted by Crippen LogP contribution is 2.21. The third kappa shape index (κ3) is 5.10. The van der Waals surface area contributed by atoms with Gasteiger partial charge in [0.15, 0.2) is 4.90 Å². The Morgan fingerprint density at radius 2 is 1.70 bits per heavy atom. The molecule has 0 spiro atoms. The molecule has 3 N–H and O–H groups in total. The lowest BCUT2D eigenvalue weighted by Crippen LogP contribution is -2.40. The SMILES string of the molecule is CCC(CC(N)C(=O)Nc1ccccc1)[S+]([O-])c1ccccc1. The lowest BCUT2D eigenvalue weighted by Gasteiger charge is -2.22. The summed E-state index contributed by atoms with van der Waals surface area (Å²) in [4.78, 5) is 13.0. The number of para-hydroxylation sites is 1. The quantitative estimate of drug-likeness (QED) is 0.766. The molecule has 1 amide bonds. The standard InChI is InChI=1S/C18H22N2O2S/c1-2-15(23(22)16-11-7-4-8-12-16)13-17(19)18(21)20-14-9-5-3-6-10-14/h3-12,15,17H,2,13,19H2,1H3,(H,20,21). The average molecular weight is 330 g/mol. The van der Waals surface area contributed by atoms with Crippen molar-refractivity contribution >= 4 is 22.8 Å². The maximum Gasteiger partial charge on any atom is 0.241 e. The number of carbonyl (C=O) groups is 1. The monoisotopic (exact) mass is 330 g/mol. The number of hydrogen-bond acceptors (Lipinski definition) is 3. The summed E-state index contributed by atoms with van der Waals surface area (Å²) in [5, 5.41) is 2.64. The summed E-state index contributed by atoms with van der Waals surface area (Å²) in [6, 6.07) is 17.8. The Morgan fingerprint density at radius 1 is 1.13 bits per heavy atom. The molecule has 0 heterocycles. The van der Waals surface area contributed by atoms with Crippen molar-refractivity contribution in [1.82, 2.24) is 0 Å². The van der Waals surface area contributed by atoms with Crippen molar-refractivity contribution in [1.29, 1.82) is 0 Å². The van der Waals surface area contributed by atoms with E-state index in [-0.39, 0.29) is 11.2 Å². The Morgan fingerprint density at radius 3 is 2.26 bits per heavy atom. The van der Waals surface area contributed by atoms with Crippen LogP contribution in [0.15, 0.2) is 65.6 Å². The van der Waals surface area contributed by atoms with Crippen LogP contribution in [-0.4, -0.2) is 21.8 Å². The van der Waals surface area contributed by atoms with Crippen molar-refractivity contribution in [3.05, 3.63) is 60.7 Å². The van der Waals surface area contributed by atoms with E-state index in [0.717, 1.165) is 4.90 Å². The molecule has 2 rings (SSSR count). The summed E-state index contributed by atoms with van der Waals surface area (Å²) in [6.45, 7) is 1.97. The number of hydrogen-bond donors (Lipinski definition) is 2. The van der Waals surface area contributed by atoms with E-state index in [0.29, 0.717) is 18.5 Å². The van der Waals surface area contributed by atoms with Gasteiger partial charge in [0.25, 0.3) is 0 Å². The second kappa shape index (κ2) is 8.72. The second-order valence-electron chi connectivity index (χ2n) is 5.34. The largest absolute Gasteiger partial charge is 0.611 e. The lowest BCUT2D eigenvalue weighted by atomic mass is 10.1. The van der Waals surface area contributed by atoms with Crippen LogP contribution in [0.5, 0.6) is 0 Å². The molecule has 0 aromatic heterocycles. The molecule has 0 fully saturated rings. The molecule has 3 unspecified atom stereocenters. The molecule has 0 aliphatic carbocycles. The Bertz CT molecular complexity index is 607. The van der Waals surface area contributed by atoms with Crippen molar-refractivity contribution in [2.75, 3.05) is 5.32 Å². The van der Waals surface area contributed by atoms with E-state index in [1.54, 1.807) is 0 Å². The van der Waals surface area contributed by atoms with E-state index in [9.17, 15) is 9.35 Å². The fraction of sp³-hybridized carbons (Fsp3) is 0.278. The highest BCUT2D eigenvalue weighted by molar-refractivity contribution is 7.92. The summed E-state index contributed by atoms with van der Waals surface area (Å²) >= 11 is -1.16. The minimum Gasteiger partial charge on any atom is -0.611 e. The summed E-state index contributed by atoms with van der Waals surface area (Å²) in [6.07, 6.45) is 1.09. The number of anilines is 1. The van der Waals surface area contributed by atoms with Gasteiger partial charge in [0.05, 0.1) is 6.04 Å². The molecule has 0 bridgehead atoms.